The van der Waals surface area contributed by atoms with Crippen molar-refractivity contribution < 1.29 is 4.79 Å². The zero-order valence-corrected chi connectivity index (χ0v) is 15.9. The zero-order valence-electron chi connectivity index (χ0n) is 15.9. The predicted octanol–water partition coefficient (Wildman–Crippen LogP) is 3.86. The number of aromatic amines is 1. The second-order valence-electron chi connectivity index (χ2n) is 6.81. The monoisotopic (exact) mass is 384 g/mol. The van der Waals surface area contributed by atoms with Gasteiger partial charge in [-0.15, -0.1) is 0 Å². The Morgan fingerprint density at radius 2 is 2.03 bits per heavy atom. The summed E-state index contributed by atoms with van der Waals surface area (Å²) in [6, 6.07) is 11.3. The second-order valence-corrected chi connectivity index (χ2v) is 6.81. The zero-order chi connectivity index (χ0) is 20.1. The number of hydrogen-bond acceptors (Lipinski definition) is 5. The molecule has 4 rings (SSSR count). The molecule has 0 spiro atoms. The van der Waals surface area contributed by atoms with Crippen molar-refractivity contribution in [3.05, 3.63) is 90.4 Å². The molecule has 7 heteroatoms. The van der Waals surface area contributed by atoms with E-state index < -0.39 is 0 Å². The van der Waals surface area contributed by atoms with Gasteiger partial charge in [0.25, 0.3) is 5.91 Å². The first kappa shape index (κ1) is 18.5. The Labute approximate surface area is 168 Å². The SMILES string of the molecule is C[C@H](Cc1cncc(-c2cn[nH]c2)n1)c1cccc(NC(=O)c2cccnc2)c1. The highest BCUT2D eigenvalue weighted by Crippen LogP contribution is 2.24. The van der Waals surface area contributed by atoms with E-state index in [0.717, 1.165) is 34.6 Å². The Hall–Kier alpha value is -3.87. The van der Waals surface area contributed by atoms with Crippen LogP contribution in [0.3, 0.4) is 0 Å². The molecule has 0 bridgehead atoms. The third kappa shape index (κ3) is 4.52. The molecule has 3 heterocycles. The predicted molar refractivity (Wildman–Crippen MR) is 110 cm³/mol. The minimum atomic E-state index is -0.179. The van der Waals surface area contributed by atoms with Gasteiger partial charge >= 0.3 is 0 Å². The van der Waals surface area contributed by atoms with Gasteiger partial charge in [-0.05, 0) is 42.2 Å². The van der Waals surface area contributed by atoms with Crippen LogP contribution in [-0.2, 0) is 6.42 Å². The van der Waals surface area contributed by atoms with Crippen molar-refractivity contribution in [2.24, 2.45) is 0 Å². The number of benzene rings is 1. The fourth-order valence-electron chi connectivity index (χ4n) is 3.09. The summed E-state index contributed by atoms with van der Waals surface area (Å²) in [7, 11) is 0. The number of pyridine rings is 1. The smallest absolute Gasteiger partial charge is 0.257 e. The van der Waals surface area contributed by atoms with Gasteiger partial charge in [-0.2, -0.15) is 5.10 Å². The first-order chi connectivity index (χ1) is 14.2. The first-order valence-electron chi connectivity index (χ1n) is 9.30. The molecular formula is C22H20N6O. The molecule has 29 heavy (non-hydrogen) atoms. The molecule has 0 saturated carbocycles. The van der Waals surface area contributed by atoms with Gasteiger partial charge in [0.2, 0.25) is 0 Å². The Morgan fingerprint density at radius 1 is 1.10 bits per heavy atom. The molecule has 0 saturated heterocycles. The summed E-state index contributed by atoms with van der Waals surface area (Å²) in [5.41, 5.74) is 5.00. The van der Waals surface area contributed by atoms with Gasteiger partial charge in [0.1, 0.15) is 0 Å². The standard InChI is InChI=1S/C22H20N6O/c1-15(8-20-13-24-14-21(27-20)18-11-25-26-12-18)16-4-2-6-19(9-16)28-22(29)17-5-3-7-23-10-17/h2-7,9-15H,8H2,1H3,(H,25,26)(H,28,29)/t15-/m1/s1. The van der Waals surface area contributed by atoms with E-state index in [2.05, 4.69) is 38.5 Å². The van der Waals surface area contributed by atoms with Crippen LogP contribution in [0.25, 0.3) is 11.3 Å². The number of rotatable bonds is 6. The number of anilines is 1. The lowest BCUT2D eigenvalue weighted by Gasteiger charge is -2.14. The summed E-state index contributed by atoms with van der Waals surface area (Å²) in [4.78, 5) is 25.3. The van der Waals surface area contributed by atoms with Gasteiger partial charge in [-0.3, -0.25) is 19.9 Å². The normalized spacial score (nSPS) is 11.8. The average Bonchev–Trinajstić information content (AvgIpc) is 3.30. The van der Waals surface area contributed by atoms with Crippen LogP contribution in [0.4, 0.5) is 5.69 Å². The van der Waals surface area contributed by atoms with Crippen LogP contribution in [0, 0.1) is 0 Å². The molecule has 1 amide bonds. The Bertz CT molecular complexity index is 1100. The molecule has 0 aliphatic carbocycles. The maximum Gasteiger partial charge on any atom is 0.257 e. The van der Waals surface area contributed by atoms with Crippen LogP contribution in [0.15, 0.2) is 73.6 Å². The summed E-state index contributed by atoms with van der Waals surface area (Å²) < 4.78 is 0. The summed E-state index contributed by atoms with van der Waals surface area (Å²) >= 11 is 0. The van der Waals surface area contributed by atoms with Crippen molar-refractivity contribution in [1.82, 2.24) is 25.1 Å². The van der Waals surface area contributed by atoms with Crippen molar-refractivity contribution in [1.29, 1.82) is 0 Å². The highest BCUT2D eigenvalue weighted by Gasteiger charge is 2.12. The molecule has 3 aromatic heterocycles. The molecule has 1 atom stereocenters. The maximum absolute atomic E-state index is 12.4. The number of carbonyl (C=O) groups excluding carboxylic acids is 1. The summed E-state index contributed by atoms with van der Waals surface area (Å²) in [5.74, 6) is 0.0285. The van der Waals surface area contributed by atoms with E-state index in [1.807, 2.05) is 18.2 Å². The molecule has 1 aromatic carbocycles. The largest absolute Gasteiger partial charge is 0.322 e. The molecule has 2 N–H and O–H groups in total. The average molecular weight is 384 g/mol. The number of nitrogens with zero attached hydrogens (tertiary/aromatic N) is 4. The second kappa shape index (κ2) is 8.43. The van der Waals surface area contributed by atoms with Gasteiger partial charge < -0.3 is 5.32 Å². The van der Waals surface area contributed by atoms with Gasteiger partial charge in [0.15, 0.2) is 0 Å². The lowest BCUT2D eigenvalue weighted by atomic mass is 9.96. The van der Waals surface area contributed by atoms with Crippen molar-refractivity contribution in [2.45, 2.75) is 19.3 Å². The van der Waals surface area contributed by atoms with Gasteiger partial charge in [0.05, 0.1) is 29.3 Å². The molecule has 0 unspecified atom stereocenters. The number of carbonyl (C=O) groups is 1. The third-order valence-corrected chi connectivity index (χ3v) is 4.63. The molecule has 7 nitrogen and oxygen atoms in total. The van der Waals surface area contributed by atoms with E-state index in [-0.39, 0.29) is 11.8 Å². The van der Waals surface area contributed by atoms with E-state index in [0.29, 0.717) is 5.56 Å². The Balaban J connectivity index is 1.47. The van der Waals surface area contributed by atoms with E-state index in [4.69, 9.17) is 4.98 Å². The molecule has 0 radical (unpaired) electrons. The minimum absolute atomic E-state index is 0.179. The number of aromatic nitrogens is 5. The van der Waals surface area contributed by atoms with Crippen LogP contribution in [0.2, 0.25) is 0 Å². The molecule has 0 fully saturated rings. The van der Waals surface area contributed by atoms with Crippen LogP contribution in [0.1, 0.15) is 34.5 Å². The third-order valence-electron chi connectivity index (χ3n) is 4.63. The van der Waals surface area contributed by atoms with Crippen LogP contribution >= 0.6 is 0 Å². The Morgan fingerprint density at radius 3 is 2.83 bits per heavy atom. The fourth-order valence-corrected chi connectivity index (χ4v) is 3.09. The number of nitrogens with one attached hydrogen (secondary N) is 2. The first-order valence-corrected chi connectivity index (χ1v) is 9.30. The quantitative estimate of drug-likeness (QED) is 0.526. The lowest BCUT2D eigenvalue weighted by molar-refractivity contribution is 0.102. The van der Waals surface area contributed by atoms with Gasteiger partial charge in [0, 0.05) is 36.0 Å². The summed E-state index contributed by atoms with van der Waals surface area (Å²) in [6.07, 6.45) is 11.0. The topological polar surface area (TPSA) is 96.5 Å². The number of amides is 1. The van der Waals surface area contributed by atoms with E-state index in [1.165, 1.54) is 0 Å². The fraction of sp³-hybridized carbons (Fsp3) is 0.136. The molecule has 0 aliphatic rings. The van der Waals surface area contributed by atoms with Crippen LogP contribution < -0.4 is 5.32 Å². The van der Waals surface area contributed by atoms with Gasteiger partial charge in [-0.1, -0.05) is 19.1 Å². The lowest BCUT2D eigenvalue weighted by Crippen LogP contribution is -2.12. The minimum Gasteiger partial charge on any atom is -0.322 e. The molecular weight excluding hydrogens is 364 g/mol. The van der Waals surface area contributed by atoms with E-state index in [1.54, 1.807) is 49.3 Å². The highest BCUT2D eigenvalue weighted by molar-refractivity contribution is 6.04. The van der Waals surface area contributed by atoms with E-state index in [9.17, 15) is 4.79 Å². The summed E-state index contributed by atoms with van der Waals surface area (Å²) in [5, 5.41) is 9.68. The number of H-pyrrole nitrogens is 1. The van der Waals surface area contributed by atoms with Crippen molar-refractivity contribution in [2.75, 3.05) is 5.32 Å². The molecule has 144 valence electrons. The van der Waals surface area contributed by atoms with Crippen molar-refractivity contribution in [3.63, 3.8) is 0 Å². The number of hydrogen-bond donors (Lipinski definition) is 2. The summed E-state index contributed by atoms with van der Waals surface area (Å²) in [6.45, 7) is 2.13. The van der Waals surface area contributed by atoms with Gasteiger partial charge in [-0.25, -0.2) is 4.98 Å². The highest BCUT2D eigenvalue weighted by atomic mass is 16.1. The maximum atomic E-state index is 12.4. The van der Waals surface area contributed by atoms with Crippen molar-refractivity contribution >= 4 is 11.6 Å². The molecule has 0 aliphatic heterocycles. The Kier molecular flexibility index (Phi) is 5.38. The van der Waals surface area contributed by atoms with Crippen LogP contribution in [0.5, 0.6) is 0 Å². The van der Waals surface area contributed by atoms with Crippen molar-refractivity contribution in [3.8, 4) is 11.3 Å². The molecule has 4 aromatic rings. The van der Waals surface area contributed by atoms with E-state index >= 15 is 0 Å². The van der Waals surface area contributed by atoms with Crippen LogP contribution in [-0.4, -0.2) is 31.1 Å².